The minimum atomic E-state index is 0.475. The van der Waals surface area contributed by atoms with Crippen molar-refractivity contribution in [2.24, 2.45) is 11.8 Å². The highest BCUT2D eigenvalue weighted by Crippen LogP contribution is 2.30. The van der Waals surface area contributed by atoms with Crippen LogP contribution in [-0.2, 0) is 0 Å². The Morgan fingerprint density at radius 1 is 1.38 bits per heavy atom. The van der Waals surface area contributed by atoms with E-state index in [1.54, 1.807) is 0 Å². The highest BCUT2D eigenvalue weighted by atomic mass is 35.5. The molecular weight excluding hydrogens is 182 g/mol. The van der Waals surface area contributed by atoms with Crippen molar-refractivity contribution in [2.45, 2.75) is 44.9 Å². The fourth-order valence-corrected chi connectivity index (χ4v) is 2.27. The van der Waals surface area contributed by atoms with Crippen molar-refractivity contribution in [3.05, 3.63) is 0 Å². The van der Waals surface area contributed by atoms with Gasteiger partial charge in [-0.05, 0) is 50.6 Å². The number of rotatable bonds is 6. The molecule has 2 heteroatoms. The maximum Gasteiger partial charge on any atom is 0.0342 e. The molecule has 1 nitrogen and oxygen atoms in total. The van der Waals surface area contributed by atoms with Gasteiger partial charge in [-0.1, -0.05) is 13.8 Å². The summed E-state index contributed by atoms with van der Waals surface area (Å²) in [6.07, 6.45) is 5.10. The zero-order valence-electron chi connectivity index (χ0n) is 8.85. The molecule has 1 rings (SSSR count). The predicted molar refractivity (Wildman–Crippen MR) is 59.3 cm³/mol. The standard InChI is InChI=1S/C11H22ClN/c1-9(2)4-3-5-13-8-10-6-11(12)7-10/h9-11,13H,3-8H2,1-2H3. The van der Waals surface area contributed by atoms with Gasteiger partial charge in [0, 0.05) is 5.38 Å². The summed E-state index contributed by atoms with van der Waals surface area (Å²) >= 11 is 5.90. The molecular formula is C11H22ClN. The van der Waals surface area contributed by atoms with E-state index in [1.165, 1.54) is 38.8 Å². The van der Waals surface area contributed by atoms with Crippen LogP contribution in [-0.4, -0.2) is 18.5 Å². The van der Waals surface area contributed by atoms with Crippen LogP contribution in [0, 0.1) is 11.8 Å². The first-order valence-corrected chi connectivity index (χ1v) is 5.97. The van der Waals surface area contributed by atoms with Crippen molar-refractivity contribution in [3.8, 4) is 0 Å². The second-order valence-corrected chi connectivity index (χ2v) is 5.29. The number of halogens is 1. The molecule has 1 saturated carbocycles. The topological polar surface area (TPSA) is 12.0 Å². The first kappa shape index (κ1) is 11.3. The lowest BCUT2D eigenvalue weighted by atomic mass is 9.85. The van der Waals surface area contributed by atoms with Crippen molar-refractivity contribution < 1.29 is 0 Å². The van der Waals surface area contributed by atoms with E-state index in [0.717, 1.165) is 11.8 Å². The molecule has 0 spiro atoms. The van der Waals surface area contributed by atoms with Crippen LogP contribution in [0.3, 0.4) is 0 Å². The van der Waals surface area contributed by atoms with Crippen molar-refractivity contribution in [2.75, 3.05) is 13.1 Å². The lowest BCUT2D eigenvalue weighted by Crippen LogP contribution is -2.34. The Morgan fingerprint density at radius 2 is 2.08 bits per heavy atom. The van der Waals surface area contributed by atoms with E-state index in [4.69, 9.17) is 11.6 Å². The third-order valence-electron chi connectivity index (χ3n) is 2.75. The maximum absolute atomic E-state index is 5.90. The molecule has 0 bridgehead atoms. The highest BCUT2D eigenvalue weighted by Gasteiger charge is 2.26. The van der Waals surface area contributed by atoms with E-state index in [0.29, 0.717) is 5.38 Å². The zero-order valence-corrected chi connectivity index (χ0v) is 9.61. The van der Waals surface area contributed by atoms with Gasteiger partial charge >= 0.3 is 0 Å². The molecule has 1 aliphatic carbocycles. The number of hydrogen-bond acceptors (Lipinski definition) is 1. The Morgan fingerprint density at radius 3 is 2.62 bits per heavy atom. The van der Waals surface area contributed by atoms with Gasteiger partial charge in [-0.2, -0.15) is 0 Å². The van der Waals surface area contributed by atoms with Crippen LogP contribution in [0.4, 0.5) is 0 Å². The van der Waals surface area contributed by atoms with E-state index in [1.807, 2.05) is 0 Å². The summed E-state index contributed by atoms with van der Waals surface area (Å²) in [7, 11) is 0. The van der Waals surface area contributed by atoms with Gasteiger partial charge in [0.1, 0.15) is 0 Å². The summed E-state index contributed by atoms with van der Waals surface area (Å²) in [5.74, 6) is 1.71. The SMILES string of the molecule is CC(C)CCCNCC1CC(Cl)C1. The summed E-state index contributed by atoms with van der Waals surface area (Å²) in [5, 5.41) is 3.98. The molecule has 1 aliphatic rings. The van der Waals surface area contributed by atoms with Crippen LogP contribution >= 0.6 is 11.6 Å². The number of alkyl halides is 1. The van der Waals surface area contributed by atoms with Crippen molar-refractivity contribution >= 4 is 11.6 Å². The van der Waals surface area contributed by atoms with Gasteiger partial charge in [-0.25, -0.2) is 0 Å². The van der Waals surface area contributed by atoms with E-state index in [2.05, 4.69) is 19.2 Å². The average Bonchev–Trinajstić information content (AvgIpc) is 1.99. The molecule has 1 fully saturated rings. The Bertz CT molecular complexity index is 130. The lowest BCUT2D eigenvalue weighted by Gasteiger charge is -2.31. The third-order valence-corrected chi connectivity index (χ3v) is 3.10. The molecule has 0 atom stereocenters. The quantitative estimate of drug-likeness (QED) is 0.517. The summed E-state index contributed by atoms with van der Waals surface area (Å²) in [4.78, 5) is 0. The van der Waals surface area contributed by atoms with Gasteiger partial charge in [0.2, 0.25) is 0 Å². The van der Waals surface area contributed by atoms with Gasteiger partial charge in [0.15, 0.2) is 0 Å². The van der Waals surface area contributed by atoms with Crippen LogP contribution in [0.15, 0.2) is 0 Å². The largest absolute Gasteiger partial charge is 0.316 e. The number of hydrogen-bond donors (Lipinski definition) is 1. The molecule has 0 radical (unpaired) electrons. The number of nitrogens with one attached hydrogen (secondary N) is 1. The first-order chi connectivity index (χ1) is 6.18. The maximum atomic E-state index is 5.90. The van der Waals surface area contributed by atoms with Crippen LogP contribution in [0.5, 0.6) is 0 Å². The monoisotopic (exact) mass is 203 g/mol. The van der Waals surface area contributed by atoms with Gasteiger partial charge in [-0.15, -0.1) is 11.6 Å². The summed E-state index contributed by atoms with van der Waals surface area (Å²) in [6.45, 7) is 6.93. The molecule has 0 heterocycles. The summed E-state index contributed by atoms with van der Waals surface area (Å²) in [6, 6.07) is 0. The first-order valence-electron chi connectivity index (χ1n) is 5.53. The Balaban J connectivity index is 1.79. The van der Waals surface area contributed by atoms with E-state index >= 15 is 0 Å². The third kappa shape index (κ3) is 4.87. The molecule has 0 aromatic heterocycles. The van der Waals surface area contributed by atoms with Crippen molar-refractivity contribution in [1.82, 2.24) is 5.32 Å². The van der Waals surface area contributed by atoms with Crippen LogP contribution in [0.1, 0.15) is 39.5 Å². The molecule has 0 unspecified atom stereocenters. The van der Waals surface area contributed by atoms with E-state index in [-0.39, 0.29) is 0 Å². The zero-order chi connectivity index (χ0) is 9.68. The second kappa shape index (κ2) is 5.87. The summed E-state index contributed by atoms with van der Waals surface area (Å²) in [5.41, 5.74) is 0. The molecule has 0 amide bonds. The van der Waals surface area contributed by atoms with Crippen LogP contribution in [0.2, 0.25) is 0 Å². The van der Waals surface area contributed by atoms with Crippen LogP contribution in [0.25, 0.3) is 0 Å². The van der Waals surface area contributed by atoms with Gasteiger partial charge in [-0.3, -0.25) is 0 Å². The fourth-order valence-electron chi connectivity index (χ4n) is 1.76. The van der Waals surface area contributed by atoms with Gasteiger partial charge in [0.05, 0.1) is 0 Å². The van der Waals surface area contributed by atoms with E-state index < -0.39 is 0 Å². The van der Waals surface area contributed by atoms with Gasteiger partial charge in [0.25, 0.3) is 0 Å². The fraction of sp³-hybridized carbons (Fsp3) is 1.00. The normalized spacial score (nSPS) is 27.7. The minimum absolute atomic E-state index is 0.475. The molecule has 13 heavy (non-hydrogen) atoms. The minimum Gasteiger partial charge on any atom is -0.316 e. The molecule has 0 aromatic rings. The lowest BCUT2D eigenvalue weighted by molar-refractivity contribution is 0.307. The molecule has 0 aliphatic heterocycles. The Kier molecular flexibility index (Phi) is 5.12. The predicted octanol–water partition coefficient (Wildman–Crippen LogP) is 3.03. The van der Waals surface area contributed by atoms with Crippen molar-refractivity contribution in [1.29, 1.82) is 0 Å². The highest BCUT2D eigenvalue weighted by molar-refractivity contribution is 6.21. The second-order valence-electron chi connectivity index (χ2n) is 4.67. The summed E-state index contributed by atoms with van der Waals surface area (Å²) < 4.78 is 0. The molecule has 0 saturated heterocycles. The smallest absolute Gasteiger partial charge is 0.0342 e. The Labute approximate surface area is 87.2 Å². The van der Waals surface area contributed by atoms with Gasteiger partial charge < -0.3 is 5.32 Å². The Hall–Kier alpha value is 0.250. The van der Waals surface area contributed by atoms with Crippen molar-refractivity contribution in [3.63, 3.8) is 0 Å². The molecule has 1 N–H and O–H groups in total. The van der Waals surface area contributed by atoms with E-state index in [9.17, 15) is 0 Å². The molecule has 78 valence electrons. The van der Waals surface area contributed by atoms with Crippen LogP contribution < -0.4 is 5.32 Å². The average molecular weight is 204 g/mol. The molecule has 0 aromatic carbocycles.